The monoisotopic (exact) mass is 364 g/mol. The van der Waals surface area contributed by atoms with Crippen LogP contribution < -0.4 is 10.6 Å². The maximum Gasteiger partial charge on any atom is 0.272 e. The van der Waals surface area contributed by atoms with Gasteiger partial charge in [-0.05, 0) is 36.6 Å². The largest absolute Gasteiger partial charge is 0.349 e. The van der Waals surface area contributed by atoms with Gasteiger partial charge in [-0.1, -0.05) is 36.4 Å². The van der Waals surface area contributed by atoms with Crippen molar-refractivity contribution in [3.63, 3.8) is 0 Å². The minimum absolute atomic E-state index is 0.179. The first-order chi connectivity index (χ1) is 13.1. The van der Waals surface area contributed by atoms with Gasteiger partial charge in [-0.3, -0.25) is 4.79 Å². The lowest BCUT2D eigenvalue weighted by atomic mass is 9.96. The predicted octanol–water partition coefficient (Wildman–Crippen LogP) is 2.76. The molecule has 27 heavy (non-hydrogen) atoms. The average Bonchev–Trinajstić information content (AvgIpc) is 3.08. The average molecular weight is 364 g/mol. The highest BCUT2D eigenvalue weighted by Crippen LogP contribution is 2.17. The summed E-state index contributed by atoms with van der Waals surface area (Å²) in [6.45, 7) is 3.12. The van der Waals surface area contributed by atoms with Gasteiger partial charge in [0.15, 0.2) is 5.69 Å². The number of fused-ring (bicyclic) bond motifs is 1. The minimum atomic E-state index is -0.378. The molecule has 1 unspecified atom stereocenters. The van der Waals surface area contributed by atoms with Crippen molar-refractivity contribution in [2.24, 2.45) is 0 Å². The van der Waals surface area contributed by atoms with Gasteiger partial charge in [0.05, 0.1) is 0 Å². The van der Waals surface area contributed by atoms with Gasteiger partial charge in [-0.15, -0.1) is 0 Å². The van der Waals surface area contributed by atoms with E-state index in [1.807, 2.05) is 12.1 Å². The second kappa shape index (κ2) is 7.32. The molecule has 0 radical (unpaired) electrons. The van der Waals surface area contributed by atoms with Crippen LogP contribution in [0.4, 0.5) is 4.39 Å². The molecule has 0 aliphatic carbocycles. The van der Waals surface area contributed by atoms with Crippen LogP contribution in [0.15, 0.2) is 54.7 Å². The molecular weight excluding hydrogens is 343 g/mol. The summed E-state index contributed by atoms with van der Waals surface area (Å²) < 4.78 is 15.4. The molecule has 6 heteroatoms. The fraction of sp³-hybridized carbons (Fsp3) is 0.238. The van der Waals surface area contributed by atoms with Crippen LogP contribution in [-0.4, -0.2) is 28.3 Å². The van der Waals surface area contributed by atoms with E-state index in [4.69, 9.17) is 0 Å². The van der Waals surface area contributed by atoms with E-state index in [2.05, 4.69) is 27.9 Å². The molecule has 1 aliphatic heterocycles. The van der Waals surface area contributed by atoms with Gasteiger partial charge in [-0.25, -0.2) is 9.07 Å². The molecule has 0 bridgehead atoms. The summed E-state index contributed by atoms with van der Waals surface area (Å²) in [6, 6.07) is 14.9. The summed E-state index contributed by atoms with van der Waals surface area (Å²) in [5.74, 6) is -0.625. The van der Waals surface area contributed by atoms with E-state index in [1.54, 1.807) is 31.3 Å². The number of hydrogen-bond acceptors (Lipinski definition) is 3. The molecule has 0 saturated heterocycles. The number of nitrogens with one attached hydrogen (secondary N) is 2. The number of carbonyl (C=O) groups is 1. The number of halogens is 1. The standard InChI is InChI=1S/C21H21FN4O/c1-14-13-26(19-9-5-4-8-18(19)22)25-20(14)21(27)24-12-17-10-15-6-2-3-7-16(15)11-23-17/h2-9,13,17,23H,10-12H2,1H3,(H,24,27). The van der Waals surface area contributed by atoms with Crippen molar-refractivity contribution in [2.45, 2.75) is 25.9 Å². The fourth-order valence-corrected chi connectivity index (χ4v) is 3.41. The topological polar surface area (TPSA) is 59.0 Å². The predicted molar refractivity (Wildman–Crippen MR) is 101 cm³/mol. The van der Waals surface area contributed by atoms with Gasteiger partial charge in [0.25, 0.3) is 5.91 Å². The maximum absolute atomic E-state index is 14.0. The van der Waals surface area contributed by atoms with Crippen LogP contribution in [0.5, 0.6) is 0 Å². The third-order valence-corrected chi connectivity index (χ3v) is 4.89. The molecule has 0 fully saturated rings. The summed E-state index contributed by atoms with van der Waals surface area (Å²) in [7, 11) is 0. The second-order valence-corrected chi connectivity index (χ2v) is 6.82. The first-order valence-corrected chi connectivity index (χ1v) is 9.01. The Bertz CT molecular complexity index is 982. The second-order valence-electron chi connectivity index (χ2n) is 6.82. The van der Waals surface area contributed by atoms with Crippen LogP contribution in [-0.2, 0) is 13.0 Å². The lowest BCUT2D eigenvalue weighted by Gasteiger charge is -2.26. The Labute approximate surface area is 157 Å². The zero-order valence-electron chi connectivity index (χ0n) is 15.1. The smallest absolute Gasteiger partial charge is 0.272 e. The minimum Gasteiger partial charge on any atom is -0.349 e. The quantitative estimate of drug-likeness (QED) is 0.748. The van der Waals surface area contributed by atoms with Crippen LogP contribution in [0.3, 0.4) is 0 Å². The zero-order valence-corrected chi connectivity index (χ0v) is 15.1. The molecule has 2 aromatic carbocycles. The first-order valence-electron chi connectivity index (χ1n) is 9.01. The van der Waals surface area contributed by atoms with Gasteiger partial charge >= 0.3 is 0 Å². The van der Waals surface area contributed by atoms with Crippen LogP contribution in [0.25, 0.3) is 5.69 Å². The summed E-state index contributed by atoms with van der Waals surface area (Å²) in [6.07, 6.45) is 2.54. The Kier molecular flexibility index (Phi) is 4.73. The van der Waals surface area contributed by atoms with Crippen molar-refractivity contribution in [1.82, 2.24) is 20.4 Å². The molecule has 2 heterocycles. The van der Waals surface area contributed by atoms with Crippen molar-refractivity contribution in [3.05, 3.63) is 82.9 Å². The number of aryl methyl sites for hydroxylation is 1. The van der Waals surface area contributed by atoms with Crippen LogP contribution in [0, 0.1) is 12.7 Å². The molecule has 5 nitrogen and oxygen atoms in total. The van der Waals surface area contributed by atoms with Gasteiger partial charge < -0.3 is 10.6 Å². The van der Waals surface area contributed by atoms with E-state index in [1.165, 1.54) is 21.9 Å². The van der Waals surface area contributed by atoms with Gasteiger partial charge in [0, 0.05) is 30.9 Å². The molecular formula is C21H21FN4O. The highest BCUT2D eigenvalue weighted by Gasteiger charge is 2.20. The Balaban J connectivity index is 1.43. The van der Waals surface area contributed by atoms with Gasteiger partial charge in [0.1, 0.15) is 11.5 Å². The molecule has 3 aromatic rings. The molecule has 1 aromatic heterocycles. The normalized spacial score (nSPS) is 16.0. The van der Waals surface area contributed by atoms with Crippen molar-refractivity contribution in [2.75, 3.05) is 6.54 Å². The van der Waals surface area contributed by atoms with E-state index in [0.29, 0.717) is 23.5 Å². The Morgan fingerprint density at radius 3 is 2.78 bits per heavy atom. The molecule has 4 rings (SSSR count). The van der Waals surface area contributed by atoms with Crippen LogP contribution >= 0.6 is 0 Å². The lowest BCUT2D eigenvalue weighted by Crippen LogP contribution is -2.44. The third-order valence-electron chi connectivity index (χ3n) is 4.89. The number of benzene rings is 2. The van der Waals surface area contributed by atoms with E-state index < -0.39 is 0 Å². The molecule has 138 valence electrons. The van der Waals surface area contributed by atoms with Crippen molar-refractivity contribution < 1.29 is 9.18 Å². The summed E-state index contributed by atoms with van der Waals surface area (Å²) >= 11 is 0. The molecule has 1 amide bonds. The highest BCUT2D eigenvalue weighted by molar-refractivity contribution is 5.93. The zero-order chi connectivity index (χ0) is 18.8. The number of aromatic nitrogens is 2. The molecule has 0 spiro atoms. The molecule has 0 saturated carbocycles. The number of hydrogen-bond donors (Lipinski definition) is 2. The summed E-state index contributed by atoms with van der Waals surface area (Å²) in [4.78, 5) is 12.6. The fourth-order valence-electron chi connectivity index (χ4n) is 3.41. The van der Waals surface area contributed by atoms with E-state index in [9.17, 15) is 9.18 Å². The maximum atomic E-state index is 14.0. The summed E-state index contributed by atoms with van der Waals surface area (Å²) in [5, 5.41) is 10.7. The number of rotatable bonds is 4. The number of amides is 1. The third kappa shape index (κ3) is 3.61. The van der Waals surface area contributed by atoms with Gasteiger partial charge in [-0.2, -0.15) is 5.10 Å². The van der Waals surface area contributed by atoms with E-state index >= 15 is 0 Å². The number of para-hydroxylation sites is 1. The van der Waals surface area contributed by atoms with Crippen LogP contribution in [0.1, 0.15) is 27.2 Å². The number of carbonyl (C=O) groups excluding carboxylic acids is 1. The Morgan fingerprint density at radius 2 is 1.96 bits per heavy atom. The van der Waals surface area contributed by atoms with Crippen molar-refractivity contribution in [3.8, 4) is 5.69 Å². The Morgan fingerprint density at radius 1 is 1.22 bits per heavy atom. The van der Waals surface area contributed by atoms with E-state index in [-0.39, 0.29) is 17.8 Å². The Hall–Kier alpha value is -2.99. The molecule has 1 atom stereocenters. The SMILES string of the molecule is Cc1cn(-c2ccccc2F)nc1C(=O)NCC1Cc2ccccc2CN1. The molecule has 2 N–H and O–H groups in total. The van der Waals surface area contributed by atoms with Crippen molar-refractivity contribution >= 4 is 5.91 Å². The number of nitrogens with zero attached hydrogens (tertiary/aromatic N) is 2. The molecule has 1 aliphatic rings. The van der Waals surface area contributed by atoms with E-state index in [0.717, 1.165) is 13.0 Å². The summed E-state index contributed by atoms with van der Waals surface area (Å²) in [5.41, 5.74) is 3.97. The van der Waals surface area contributed by atoms with Crippen LogP contribution in [0.2, 0.25) is 0 Å². The first kappa shape index (κ1) is 17.4. The lowest BCUT2D eigenvalue weighted by molar-refractivity contribution is 0.0943. The van der Waals surface area contributed by atoms with Gasteiger partial charge in [0.2, 0.25) is 0 Å². The van der Waals surface area contributed by atoms with Crippen molar-refractivity contribution in [1.29, 1.82) is 0 Å². The highest BCUT2D eigenvalue weighted by atomic mass is 19.1.